The van der Waals surface area contributed by atoms with Gasteiger partial charge < -0.3 is 5.11 Å². The first kappa shape index (κ1) is 19.2. The first-order valence-electron chi connectivity index (χ1n) is 9.32. The van der Waals surface area contributed by atoms with E-state index >= 15 is 0 Å². The maximum absolute atomic E-state index is 12.7. The highest BCUT2D eigenvalue weighted by molar-refractivity contribution is 7.16. The molecule has 0 spiro atoms. The average molecular weight is 404 g/mol. The molecule has 4 rings (SSSR count). The summed E-state index contributed by atoms with van der Waals surface area (Å²) in [5.74, 6) is 0.0692. The molecule has 1 atom stereocenters. The molecule has 2 aromatic carbocycles. The van der Waals surface area contributed by atoms with Gasteiger partial charge in [0.2, 0.25) is 5.13 Å². The van der Waals surface area contributed by atoms with Crippen molar-refractivity contribution in [2.75, 3.05) is 0 Å². The van der Waals surface area contributed by atoms with Crippen molar-refractivity contribution in [1.29, 1.82) is 0 Å². The van der Waals surface area contributed by atoms with Gasteiger partial charge in [-0.05, 0) is 24.5 Å². The molecule has 0 aliphatic heterocycles. The quantitative estimate of drug-likeness (QED) is 0.472. The second-order valence-corrected chi connectivity index (χ2v) is 7.70. The molecule has 0 aliphatic rings. The lowest BCUT2D eigenvalue weighted by Crippen LogP contribution is -2.00. The highest BCUT2D eigenvalue weighted by Crippen LogP contribution is 2.25. The van der Waals surface area contributed by atoms with E-state index in [9.17, 15) is 9.90 Å². The van der Waals surface area contributed by atoms with Crippen LogP contribution in [0.15, 0.2) is 66.9 Å². The lowest BCUT2D eigenvalue weighted by molar-refractivity contribution is 0.0986. The number of aliphatic hydroxyl groups excluding tert-OH is 1. The van der Waals surface area contributed by atoms with Gasteiger partial charge in [0.25, 0.3) is 0 Å². The minimum atomic E-state index is -0.863. The third kappa shape index (κ3) is 4.31. The van der Waals surface area contributed by atoms with Crippen molar-refractivity contribution in [2.45, 2.75) is 25.9 Å². The lowest BCUT2D eigenvalue weighted by atomic mass is 10.1. The van der Waals surface area contributed by atoms with Gasteiger partial charge in [0.05, 0.1) is 16.8 Å². The highest BCUT2D eigenvalue weighted by Gasteiger charge is 2.19. The average Bonchev–Trinajstić information content (AvgIpc) is 3.40. The van der Waals surface area contributed by atoms with E-state index in [1.807, 2.05) is 67.6 Å². The van der Waals surface area contributed by atoms with Gasteiger partial charge in [-0.1, -0.05) is 77.2 Å². The van der Waals surface area contributed by atoms with Crippen molar-refractivity contribution in [2.24, 2.45) is 0 Å². The standard InChI is InChI=1S/C22H20N4O2S/c1-15-21(19(27)13-12-16-8-4-2-5-9-16)29-22(23-15)26-14-18(24-25-26)20(28)17-10-6-3-7-11-17/h2-11,14,20,28H,12-13H2,1H3/t20-/m1/s1. The molecule has 0 bridgehead atoms. The third-order valence-corrected chi connectivity index (χ3v) is 5.81. The number of benzene rings is 2. The Morgan fingerprint density at radius 2 is 1.79 bits per heavy atom. The number of rotatable bonds is 7. The van der Waals surface area contributed by atoms with Crippen LogP contribution in [0.4, 0.5) is 0 Å². The number of hydrogen-bond donors (Lipinski definition) is 1. The zero-order chi connectivity index (χ0) is 20.2. The van der Waals surface area contributed by atoms with Crippen LogP contribution in [0.3, 0.4) is 0 Å². The van der Waals surface area contributed by atoms with Crippen LogP contribution in [0.25, 0.3) is 5.13 Å². The van der Waals surface area contributed by atoms with Gasteiger partial charge in [-0.3, -0.25) is 4.79 Å². The number of aliphatic hydroxyl groups is 1. The first-order valence-corrected chi connectivity index (χ1v) is 10.1. The van der Waals surface area contributed by atoms with E-state index in [2.05, 4.69) is 15.3 Å². The number of Topliss-reactive ketones (excluding diaryl/α,β-unsaturated/α-hetero) is 1. The van der Waals surface area contributed by atoms with Crippen molar-refractivity contribution in [3.8, 4) is 5.13 Å². The summed E-state index contributed by atoms with van der Waals surface area (Å²) in [6, 6.07) is 19.2. The van der Waals surface area contributed by atoms with Gasteiger partial charge >= 0.3 is 0 Å². The maximum atomic E-state index is 12.7. The second-order valence-electron chi connectivity index (χ2n) is 6.72. The van der Waals surface area contributed by atoms with Crippen LogP contribution >= 0.6 is 11.3 Å². The molecule has 0 radical (unpaired) electrons. The molecule has 146 valence electrons. The smallest absolute Gasteiger partial charge is 0.212 e. The Balaban J connectivity index is 1.49. The number of ketones is 1. The van der Waals surface area contributed by atoms with Crippen LogP contribution in [0.5, 0.6) is 0 Å². The van der Waals surface area contributed by atoms with Crippen LogP contribution in [0, 0.1) is 6.92 Å². The molecule has 1 N–H and O–H groups in total. The fourth-order valence-electron chi connectivity index (χ4n) is 3.06. The lowest BCUT2D eigenvalue weighted by Gasteiger charge is -2.06. The largest absolute Gasteiger partial charge is 0.382 e. The molecule has 0 fully saturated rings. The fraction of sp³-hybridized carbons (Fsp3) is 0.182. The predicted octanol–water partition coefficient (Wildman–Crippen LogP) is 3.93. The fourth-order valence-corrected chi connectivity index (χ4v) is 4.01. The third-order valence-electron chi connectivity index (χ3n) is 4.62. The van der Waals surface area contributed by atoms with Crippen molar-refractivity contribution in [1.82, 2.24) is 20.0 Å². The summed E-state index contributed by atoms with van der Waals surface area (Å²) >= 11 is 1.29. The zero-order valence-corrected chi connectivity index (χ0v) is 16.7. The van der Waals surface area contributed by atoms with Crippen LogP contribution in [-0.2, 0) is 6.42 Å². The summed E-state index contributed by atoms with van der Waals surface area (Å²) in [5, 5.41) is 19.2. The van der Waals surface area contributed by atoms with E-state index < -0.39 is 6.10 Å². The maximum Gasteiger partial charge on any atom is 0.212 e. The van der Waals surface area contributed by atoms with Gasteiger partial charge in [-0.2, -0.15) is 4.68 Å². The number of carbonyl (C=O) groups excluding carboxylic acids is 1. The summed E-state index contributed by atoms with van der Waals surface area (Å²) < 4.78 is 1.51. The van der Waals surface area contributed by atoms with E-state index in [0.29, 0.717) is 34.2 Å². The second kappa shape index (κ2) is 8.46. The zero-order valence-electron chi connectivity index (χ0n) is 15.9. The van der Waals surface area contributed by atoms with E-state index in [0.717, 1.165) is 11.1 Å². The molecule has 0 saturated heterocycles. The van der Waals surface area contributed by atoms with Crippen LogP contribution in [-0.4, -0.2) is 30.9 Å². The molecular weight excluding hydrogens is 384 g/mol. The Morgan fingerprint density at radius 3 is 2.52 bits per heavy atom. The normalized spacial score (nSPS) is 12.1. The van der Waals surface area contributed by atoms with E-state index in [1.165, 1.54) is 16.0 Å². The molecule has 4 aromatic rings. The molecular formula is C22H20N4O2S. The SMILES string of the molecule is Cc1nc(-n2cc([C@H](O)c3ccccc3)nn2)sc1C(=O)CCc1ccccc1. The molecule has 0 aliphatic carbocycles. The summed E-state index contributed by atoms with van der Waals surface area (Å²) in [6.45, 7) is 1.83. The predicted molar refractivity (Wildman–Crippen MR) is 111 cm³/mol. The topological polar surface area (TPSA) is 80.9 Å². The Kier molecular flexibility index (Phi) is 5.59. The number of aromatic nitrogens is 4. The van der Waals surface area contributed by atoms with Gasteiger partial charge in [0.15, 0.2) is 5.78 Å². The van der Waals surface area contributed by atoms with Crippen LogP contribution < -0.4 is 0 Å². The number of nitrogens with zero attached hydrogens (tertiary/aromatic N) is 4. The van der Waals surface area contributed by atoms with Gasteiger partial charge in [0.1, 0.15) is 11.8 Å². The van der Waals surface area contributed by atoms with Crippen molar-refractivity contribution >= 4 is 17.1 Å². The summed E-state index contributed by atoms with van der Waals surface area (Å²) in [7, 11) is 0. The van der Waals surface area contributed by atoms with E-state index in [4.69, 9.17) is 0 Å². The van der Waals surface area contributed by atoms with E-state index in [-0.39, 0.29) is 5.78 Å². The molecule has 6 nitrogen and oxygen atoms in total. The molecule has 0 amide bonds. The number of hydrogen-bond acceptors (Lipinski definition) is 6. The molecule has 29 heavy (non-hydrogen) atoms. The Morgan fingerprint density at radius 1 is 1.10 bits per heavy atom. The monoisotopic (exact) mass is 404 g/mol. The van der Waals surface area contributed by atoms with Crippen molar-refractivity contribution in [3.63, 3.8) is 0 Å². The molecule has 7 heteroatoms. The summed E-state index contributed by atoms with van der Waals surface area (Å²) in [6.07, 6.45) is 1.91. The Labute approximate surface area is 172 Å². The number of thiazole rings is 1. The van der Waals surface area contributed by atoms with Gasteiger partial charge in [-0.25, -0.2) is 4.98 Å². The van der Waals surface area contributed by atoms with Crippen LogP contribution in [0.1, 0.15) is 44.7 Å². The number of aryl methyl sites for hydroxylation is 2. The molecule has 0 unspecified atom stereocenters. The van der Waals surface area contributed by atoms with Gasteiger partial charge in [0, 0.05) is 6.42 Å². The summed E-state index contributed by atoms with van der Waals surface area (Å²) in [4.78, 5) is 17.8. The minimum Gasteiger partial charge on any atom is -0.382 e. The van der Waals surface area contributed by atoms with Gasteiger partial charge in [-0.15, -0.1) is 5.10 Å². The minimum absolute atomic E-state index is 0.0692. The molecule has 2 heterocycles. The van der Waals surface area contributed by atoms with Crippen LogP contribution in [0.2, 0.25) is 0 Å². The Bertz CT molecular complexity index is 1110. The Hall–Kier alpha value is -3.16. The van der Waals surface area contributed by atoms with E-state index in [1.54, 1.807) is 6.20 Å². The molecule has 2 aromatic heterocycles. The number of carbonyl (C=O) groups is 1. The highest BCUT2D eigenvalue weighted by atomic mass is 32.1. The molecule has 0 saturated carbocycles. The van der Waals surface area contributed by atoms with Crippen molar-refractivity contribution < 1.29 is 9.90 Å². The summed E-state index contributed by atoms with van der Waals surface area (Å²) in [5.41, 5.74) is 3.00. The van der Waals surface area contributed by atoms with Crippen molar-refractivity contribution in [3.05, 3.63) is 94.3 Å². The first-order chi connectivity index (χ1) is 14.1.